The number of hydrogen-bond donors (Lipinski definition) is 0. The lowest BCUT2D eigenvalue weighted by molar-refractivity contribution is 1.27. The topological polar surface area (TPSA) is 43.1 Å². The minimum atomic E-state index is 0.958. The standard InChI is InChI=1S/C31H20N4/c1-2-8-27-25(6-1)26-7-3-4-11-28(26)35-29(20-34-31(27)35)30-23(21-12-16-32-17-13-21)9-5-10-24(30)22-14-18-33-19-15-22/h1-20H. The molecule has 0 saturated carbocycles. The van der Waals surface area contributed by atoms with Crippen LogP contribution in [0.5, 0.6) is 0 Å². The molecule has 164 valence electrons. The van der Waals surface area contributed by atoms with Crippen LogP contribution in [-0.4, -0.2) is 19.4 Å². The first-order valence-corrected chi connectivity index (χ1v) is 11.6. The summed E-state index contributed by atoms with van der Waals surface area (Å²) in [5, 5.41) is 3.57. The zero-order chi connectivity index (χ0) is 23.2. The van der Waals surface area contributed by atoms with Gasteiger partial charge in [-0.1, -0.05) is 60.7 Å². The van der Waals surface area contributed by atoms with E-state index in [2.05, 4.69) is 105 Å². The van der Waals surface area contributed by atoms with Gasteiger partial charge in [0, 0.05) is 41.1 Å². The van der Waals surface area contributed by atoms with Gasteiger partial charge in [0.05, 0.1) is 17.4 Å². The molecule has 0 spiro atoms. The number of aromatic nitrogens is 4. The largest absolute Gasteiger partial charge is 0.292 e. The number of imidazole rings is 1. The van der Waals surface area contributed by atoms with E-state index in [1.54, 1.807) is 0 Å². The van der Waals surface area contributed by atoms with Crippen molar-refractivity contribution in [2.24, 2.45) is 0 Å². The minimum Gasteiger partial charge on any atom is -0.292 e. The van der Waals surface area contributed by atoms with E-state index in [1.807, 2.05) is 31.0 Å². The highest BCUT2D eigenvalue weighted by atomic mass is 15.0. The summed E-state index contributed by atoms with van der Waals surface area (Å²) in [6.45, 7) is 0. The van der Waals surface area contributed by atoms with Gasteiger partial charge in [-0.05, 0) is 58.0 Å². The molecule has 7 rings (SSSR count). The zero-order valence-electron chi connectivity index (χ0n) is 18.8. The lowest BCUT2D eigenvalue weighted by atomic mass is 9.90. The van der Waals surface area contributed by atoms with Gasteiger partial charge in [-0.15, -0.1) is 0 Å². The second-order valence-corrected chi connectivity index (χ2v) is 8.57. The van der Waals surface area contributed by atoms with Crippen LogP contribution in [0.25, 0.3) is 60.8 Å². The molecular weight excluding hydrogens is 428 g/mol. The maximum Gasteiger partial charge on any atom is 0.145 e. The highest BCUT2D eigenvalue weighted by Gasteiger charge is 2.20. The molecular formula is C31H20N4. The first-order valence-electron chi connectivity index (χ1n) is 11.6. The van der Waals surface area contributed by atoms with Crippen LogP contribution < -0.4 is 0 Å². The fourth-order valence-corrected chi connectivity index (χ4v) is 5.14. The Hall–Kier alpha value is -4.83. The minimum absolute atomic E-state index is 0.958. The summed E-state index contributed by atoms with van der Waals surface area (Å²) in [7, 11) is 0. The molecule has 0 aliphatic heterocycles. The van der Waals surface area contributed by atoms with Crippen LogP contribution >= 0.6 is 0 Å². The molecule has 35 heavy (non-hydrogen) atoms. The fourth-order valence-electron chi connectivity index (χ4n) is 5.14. The first kappa shape index (κ1) is 19.6. The number of pyridine rings is 3. The van der Waals surface area contributed by atoms with Gasteiger partial charge in [0.2, 0.25) is 0 Å². The number of fused-ring (bicyclic) bond motifs is 6. The van der Waals surface area contributed by atoms with Crippen LogP contribution in [0.4, 0.5) is 0 Å². The van der Waals surface area contributed by atoms with Gasteiger partial charge in [0.15, 0.2) is 0 Å². The second-order valence-electron chi connectivity index (χ2n) is 8.57. The Kier molecular flexibility index (Phi) is 4.42. The van der Waals surface area contributed by atoms with E-state index in [0.29, 0.717) is 0 Å². The van der Waals surface area contributed by atoms with Crippen molar-refractivity contribution in [3.05, 3.63) is 122 Å². The molecule has 0 N–H and O–H groups in total. The van der Waals surface area contributed by atoms with Crippen molar-refractivity contribution >= 4 is 27.3 Å². The SMILES string of the molecule is c1cc(-c2ccncc2)c(-c2cnc3c4ccccc4c4ccccc4n23)c(-c2ccncc2)c1. The van der Waals surface area contributed by atoms with E-state index in [9.17, 15) is 0 Å². The van der Waals surface area contributed by atoms with Gasteiger partial charge in [-0.25, -0.2) is 4.98 Å². The van der Waals surface area contributed by atoms with Crippen LogP contribution in [0, 0.1) is 0 Å². The predicted octanol–water partition coefficient (Wildman–Crippen LogP) is 7.43. The fraction of sp³-hybridized carbons (Fsp3) is 0. The van der Waals surface area contributed by atoms with Crippen LogP contribution in [0.15, 0.2) is 122 Å². The molecule has 7 aromatic rings. The smallest absolute Gasteiger partial charge is 0.145 e. The van der Waals surface area contributed by atoms with Crippen molar-refractivity contribution in [2.75, 3.05) is 0 Å². The third-order valence-electron chi connectivity index (χ3n) is 6.67. The van der Waals surface area contributed by atoms with Crippen molar-refractivity contribution in [2.45, 2.75) is 0 Å². The average molecular weight is 449 g/mol. The zero-order valence-corrected chi connectivity index (χ0v) is 18.8. The third-order valence-corrected chi connectivity index (χ3v) is 6.67. The van der Waals surface area contributed by atoms with E-state index in [4.69, 9.17) is 4.98 Å². The van der Waals surface area contributed by atoms with Crippen molar-refractivity contribution in [3.63, 3.8) is 0 Å². The second kappa shape index (κ2) is 7.89. The molecule has 0 aliphatic carbocycles. The maximum absolute atomic E-state index is 4.98. The predicted molar refractivity (Wildman–Crippen MR) is 142 cm³/mol. The third kappa shape index (κ3) is 3.04. The molecule has 0 fully saturated rings. The number of rotatable bonds is 3. The Morgan fingerprint density at radius 3 is 1.74 bits per heavy atom. The van der Waals surface area contributed by atoms with Crippen molar-refractivity contribution in [1.29, 1.82) is 0 Å². The number of nitrogens with zero attached hydrogens (tertiary/aromatic N) is 4. The molecule has 4 aromatic heterocycles. The monoisotopic (exact) mass is 448 g/mol. The average Bonchev–Trinajstić information content (AvgIpc) is 3.39. The summed E-state index contributed by atoms with van der Waals surface area (Å²) in [5.41, 5.74) is 8.80. The quantitative estimate of drug-likeness (QED) is 0.264. The van der Waals surface area contributed by atoms with E-state index in [0.717, 1.165) is 50.1 Å². The van der Waals surface area contributed by atoms with E-state index in [-0.39, 0.29) is 0 Å². The van der Waals surface area contributed by atoms with Crippen LogP contribution in [0.3, 0.4) is 0 Å². The molecule has 0 unspecified atom stereocenters. The van der Waals surface area contributed by atoms with E-state index in [1.165, 1.54) is 10.8 Å². The number of benzene rings is 3. The molecule has 0 saturated heterocycles. The Bertz CT molecular complexity index is 1780. The van der Waals surface area contributed by atoms with Crippen molar-refractivity contribution in [1.82, 2.24) is 19.4 Å². The number of para-hydroxylation sites is 1. The maximum atomic E-state index is 4.98. The first-order chi connectivity index (χ1) is 17.4. The van der Waals surface area contributed by atoms with E-state index < -0.39 is 0 Å². The normalized spacial score (nSPS) is 11.4. The Morgan fingerprint density at radius 1 is 0.514 bits per heavy atom. The van der Waals surface area contributed by atoms with Crippen LogP contribution in [0.1, 0.15) is 0 Å². The summed E-state index contributed by atoms with van der Waals surface area (Å²) < 4.78 is 2.31. The van der Waals surface area contributed by atoms with Crippen LogP contribution in [-0.2, 0) is 0 Å². The van der Waals surface area contributed by atoms with Crippen LogP contribution in [0.2, 0.25) is 0 Å². The summed E-state index contributed by atoms with van der Waals surface area (Å²) in [5.74, 6) is 0. The Balaban J connectivity index is 1.66. The molecule has 4 heteroatoms. The molecule has 0 aliphatic rings. The molecule has 0 radical (unpaired) electrons. The molecule has 4 nitrogen and oxygen atoms in total. The van der Waals surface area contributed by atoms with Gasteiger partial charge in [0.25, 0.3) is 0 Å². The van der Waals surface area contributed by atoms with Crippen molar-refractivity contribution < 1.29 is 0 Å². The van der Waals surface area contributed by atoms with Gasteiger partial charge in [-0.3, -0.25) is 14.4 Å². The molecule has 0 amide bonds. The summed E-state index contributed by atoms with van der Waals surface area (Å²) in [6.07, 6.45) is 9.38. The molecule has 3 aromatic carbocycles. The lowest BCUT2D eigenvalue weighted by Gasteiger charge is -2.17. The Morgan fingerprint density at radius 2 is 1.09 bits per heavy atom. The van der Waals surface area contributed by atoms with Gasteiger partial charge < -0.3 is 0 Å². The molecule has 4 heterocycles. The molecule has 0 bridgehead atoms. The Labute approximate surface area is 202 Å². The highest BCUT2D eigenvalue weighted by molar-refractivity contribution is 6.12. The summed E-state index contributed by atoms with van der Waals surface area (Å²) in [4.78, 5) is 13.5. The van der Waals surface area contributed by atoms with Crippen molar-refractivity contribution in [3.8, 4) is 33.5 Å². The van der Waals surface area contributed by atoms with E-state index >= 15 is 0 Å². The summed E-state index contributed by atoms with van der Waals surface area (Å²) >= 11 is 0. The van der Waals surface area contributed by atoms with Gasteiger partial charge >= 0.3 is 0 Å². The molecule has 0 atom stereocenters. The summed E-state index contributed by atoms with van der Waals surface area (Å²) in [6, 6.07) is 31.8. The van der Waals surface area contributed by atoms with Gasteiger partial charge in [0.1, 0.15) is 5.65 Å². The number of hydrogen-bond acceptors (Lipinski definition) is 3. The highest BCUT2D eigenvalue weighted by Crippen LogP contribution is 2.42. The van der Waals surface area contributed by atoms with Gasteiger partial charge in [-0.2, -0.15) is 0 Å². The lowest BCUT2D eigenvalue weighted by Crippen LogP contribution is -1.97.